The molecule has 650 valence electrons. The third kappa shape index (κ3) is 26.8. The zero-order valence-electron chi connectivity index (χ0n) is 67.1. The Bertz CT molecular complexity index is 5560. The van der Waals surface area contributed by atoms with Gasteiger partial charge in [-0.25, -0.2) is 47.3 Å². The summed E-state index contributed by atoms with van der Waals surface area (Å²) in [5.41, 5.74) is -3.21. The fraction of sp³-hybridized carbons (Fsp3) is 0.321. The van der Waals surface area contributed by atoms with Gasteiger partial charge < -0.3 is 57.6 Å². The van der Waals surface area contributed by atoms with E-state index in [4.69, 9.17) is 123 Å². The predicted molar refractivity (Wildman–Crippen MR) is 441 cm³/mol. The summed E-state index contributed by atoms with van der Waals surface area (Å²) in [6.45, 7) is 8.27. The van der Waals surface area contributed by atoms with Crippen LogP contribution in [0.25, 0.3) is 22.5 Å². The molecule has 123 heavy (non-hydrogen) atoms. The van der Waals surface area contributed by atoms with Crippen molar-refractivity contribution in [3.63, 3.8) is 0 Å². The van der Waals surface area contributed by atoms with Crippen LogP contribution in [0.3, 0.4) is 0 Å². The number of hydrogen-bond acceptors (Lipinski definition) is 26. The SMILES string of the molecule is CC(C)(C)OC(=O)OC1C(CO)O[C@@H](n2cc(-c3cn(Cc4ccccc4)nn3)c(NC(=O)OCc3ccccc3)nc2=O)C1(F)F.CC(C)(C)OC(=O)OC1C(COC(=O)COc2nc(Cl)c(Cl)cc2Cl)O[C@@H](n2cc(-c3cn(Cc4ccccc4)nn3)c(NC(=O)OCc3ccccc3)nc2=O)C1(C)F.O=C(O)CCc1cc(Cl)c(Cl)cc1Cl.[2H]C#C. The van der Waals surface area contributed by atoms with Gasteiger partial charge in [-0.3, -0.25) is 24.6 Å². The van der Waals surface area contributed by atoms with Crippen molar-refractivity contribution in [2.24, 2.45) is 0 Å². The van der Waals surface area contributed by atoms with Crippen molar-refractivity contribution in [3.8, 4) is 41.2 Å². The van der Waals surface area contributed by atoms with Crippen LogP contribution >= 0.6 is 69.6 Å². The highest BCUT2D eigenvalue weighted by molar-refractivity contribution is 6.43. The number of esters is 1. The third-order valence-corrected chi connectivity index (χ3v) is 19.0. The van der Waals surface area contributed by atoms with Gasteiger partial charge in [-0.15, -0.1) is 23.0 Å². The van der Waals surface area contributed by atoms with Crippen LogP contribution in [0.5, 0.6) is 5.88 Å². The molecule has 5 aromatic heterocycles. The van der Waals surface area contributed by atoms with E-state index < -0.39 is 127 Å². The molecule has 2 aliphatic heterocycles. The lowest BCUT2D eigenvalue weighted by Crippen LogP contribution is -2.46. The number of aliphatic carboxylic acids is 1. The van der Waals surface area contributed by atoms with E-state index in [9.17, 15) is 43.5 Å². The summed E-state index contributed by atoms with van der Waals surface area (Å²) in [4.78, 5) is 113. The summed E-state index contributed by atoms with van der Waals surface area (Å²) >= 11 is 35.2. The summed E-state index contributed by atoms with van der Waals surface area (Å²) < 4.78 is 112. The van der Waals surface area contributed by atoms with Crippen molar-refractivity contribution in [1.82, 2.24) is 54.1 Å². The van der Waals surface area contributed by atoms with Crippen molar-refractivity contribution in [2.45, 2.75) is 147 Å². The molecule has 7 atom stereocenters. The lowest BCUT2D eigenvalue weighted by atomic mass is 9.98. The molecular formula is C81H78Cl6F3N13O20. The molecule has 2 saturated heterocycles. The highest BCUT2D eigenvalue weighted by Gasteiger charge is 2.63. The number of carbonyl (C=O) groups excluding carboxylic acids is 5. The number of terminal acetylenes is 1. The number of ether oxygens (including phenoxy) is 10. The molecule has 0 spiro atoms. The summed E-state index contributed by atoms with van der Waals surface area (Å²) in [5, 5.41) is 40.8. The zero-order valence-corrected chi connectivity index (χ0v) is 70.6. The number of aryl methyl sites for hydroxylation is 1. The second-order valence-corrected chi connectivity index (χ2v) is 31.1. The first-order valence-corrected chi connectivity index (χ1v) is 38.9. The molecule has 42 heteroatoms. The third-order valence-electron chi connectivity index (χ3n) is 17.0. The maximum atomic E-state index is 17.2. The number of pyridine rings is 1. The second-order valence-electron chi connectivity index (χ2n) is 28.7. The van der Waals surface area contributed by atoms with E-state index in [-0.39, 0.29) is 74.9 Å². The Morgan fingerprint density at radius 2 is 1.01 bits per heavy atom. The van der Waals surface area contributed by atoms with Crippen molar-refractivity contribution in [1.29, 1.82) is 0 Å². The van der Waals surface area contributed by atoms with Crippen LogP contribution in [-0.4, -0.2) is 168 Å². The first kappa shape index (κ1) is 93.3. The van der Waals surface area contributed by atoms with E-state index in [1.54, 1.807) is 81.4 Å². The molecule has 5 aromatic carbocycles. The minimum atomic E-state index is -4.05. The summed E-state index contributed by atoms with van der Waals surface area (Å²) in [5.74, 6) is -6.76. The van der Waals surface area contributed by atoms with Gasteiger partial charge in [-0.2, -0.15) is 23.7 Å². The Morgan fingerprint density at radius 1 is 0.577 bits per heavy atom. The molecule has 10 aromatic rings. The van der Waals surface area contributed by atoms with Crippen LogP contribution in [0.2, 0.25) is 30.3 Å². The zero-order chi connectivity index (χ0) is 90.4. The van der Waals surface area contributed by atoms with Crippen molar-refractivity contribution in [3.05, 3.63) is 243 Å². The lowest BCUT2D eigenvalue weighted by molar-refractivity contribution is -0.153. The average molecular weight is 1820 g/mol. The van der Waals surface area contributed by atoms with Gasteiger partial charge in [0, 0.05) is 23.8 Å². The molecule has 33 nitrogen and oxygen atoms in total. The van der Waals surface area contributed by atoms with E-state index in [0.29, 0.717) is 55.8 Å². The fourth-order valence-electron chi connectivity index (χ4n) is 11.5. The molecule has 5 unspecified atom stereocenters. The number of aliphatic hydroxyl groups excluding tert-OH is 1. The Balaban J connectivity index is 0.000000240. The first-order valence-electron chi connectivity index (χ1n) is 37.1. The number of hydrogen-bond donors (Lipinski definition) is 4. The number of nitrogens with one attached hydrogen (secondary N) is 2. The topological polar surface area (TPSA) is 403 Å². The van der Waals surface area contributed by atoms with Crippen LogP contribution in [-0.2, 0) is 84.9 Å². The summed E-state index contributed by atoms with van der Waals surface area (Å²) in [6.07, 6.45) is -5.02. The Kier molecular flexibility index (Phi) is 32.4. The molecule has 7 heterocycles. The molecule has 2 fully saturated rings. The van der Waals surface area contributed by atoms with E-state index in [1.807, 2.05) is 66.7 Å². The number of nitrogens with zero attached hydrogens (tertiary/aromatic N) is 11. The number of aliphatic hydroxyl groups is 1. The molecule has 12 rings (SSSR count). The van der Waals surface area contributed by atoms with Gasteiger partial charge in [0.2, 0.25) is 18.2 Å². The number of carbonyl (C=O) groups is 6. The Labute approximate surface area is 730 Å². The maximum absolute atomic E-state index is 17.2. The number of benzene rings is 5. The van der Waals surface area contributed by atoms with Crippen molar-refractivity contribution >= 4 is 118 Å². The van der Waals surface area contributed by atoms with E-state index in [0.717, 1.165) is 35.0 Å². The van der Waals surface area contributed by atoms with Gasteiger partial charge in [-0.05, 0) is 101 Å². The average Bonchev–Trinajstić information content (AvgIpc) is 1.59. The number of carboxylic acids is 1. The Hall–Kier alpha value is -11.9. The quantitative estimate of drug-likeness (QED) is 0.0136. The molecule has 0 radical (unpaired) electrons. The number of alkyl halides is 3. The van der Waals surface area contributed by atoms with Gasteiger partial charge in [-0.1, -0.05) is 201 Å². The first-order chi connectivity index (χ1) is 58.7. The van der Waals surface area contributed by atoms with Gasteiger partial charge in [0.1, 0.15) is 61.0 Å². The monoisotopic (exact) mass is 1820 g/mol. The largest absolute Gasteiger partial charge is 0.509 e. The number of anilines is 2. The number of amides is 2. The molecule has 4 N–H and O–H groups in total. The molecule has 2 aliphatic rings. The summed E-state index contributed by atoms with van der Waals surface area (Å²) in [7, 11) is 0. The Morgan fingerprint density at radius 3 is 1.46 bits per heavy atom. The van der Waals surface area contributed by atoms with E-state index >= 15 is 13.2 Å². The van der Waals surface area contributed by atoms with Gasteiger partial charge in [0.15, 0.2) is 41.4 Å². The highest BCUT2D eigenvalue weighted by Crippen LogP contribution is 2.46. The number of aromatic nitrogens is 11. The fourth-order valence-corrected chi connectivity index (χ4v) is 12.7. The van der Waals surface area contributed by atoms with E-state index in [2.05, 4.69) is 52.6 Å². The van der Waals surface area contributed by atoms with Crippen molar-refractivity contribution in [2.75, 3.05) is 30.5 Å². The van der Waals surface area contributed by atoms with Crippen LogP contribution in [0.15, 0.2) is 174 Å². The lowest BCUT2D eigenvalue weighted by Gasteiger charge is -2.29. The molecule has 2 amide bonds. The molecule has 0 aliphatic carbocycles. The van der Waals surface area contributed by atoms with Crippen LogP contribution in [0.4, 0.5) is 44.0 Å². The standard InChI is InChI=1S/C39H37Cl3FN7O10.C31H32F2N6O8.C9H7Cl3O2.C2H2/c1-38(2,3)60-37(54)59-30-28(20-55-29(51)21-56-33-26(41)15-25(40)31(42)44-33)58-34(39(30,4)43)50-17-24(27-18-49(48-47-27)16-22-11-7-5-8-12-22)32(45-35(50)52)46-36(53)57-19-23-13-9-6-10-14-23;1-30(2,3)47-29(43)46-24-23(17-40)45-26(31(24,32)33)39-15-21(22-16-38(37-36-22)14-19-10-6-4-7-11-19)25(34-27(39)41)35-28(42)44-18-20-12-8-5-9-13-20;10-6-4-8(12)7(11)3-5(6)1-2-9(13)14;1-2/h5-15,17-18,28,30,34H,16,19-21H2,1-4H3,(H,45,46,52,53);4-13,15-16,23-24,26,40H,14,17-18H2,1-3H3,(H,34,35,41,42);3-4H,1-2H2,(H,13,14);1-2H/t28?,30?,34-,39?;23?,24?,26-;;/m11../s1/i;;;1D. The molecular weight excluding hydrogens is 1740 g/mol. The smallest absolute Gasteiger partial charge is 0.481 e. The minimum Gasteiger partial charge on any atom is -0.481 e. The minimum absolute atomic E-state index is 0.0104. The molecule has 0 saturated carbocycles. The predicted octanol–water partition coefficient (Wildman–Crippen LogP) is 15.3. The van der Waals surface area contributed by atoms with Crippen LogP contribution < -0.4 is 26.7 Å². The number of rotatable bonds is 25. The normalized spacial score (nSPS) is 17.5. The number of carboxylic acid groups (broad SMARTS) is 1. The van der Waals surface area contributed by atoms with Crippen LogP contribution in [0.1, 0.15) is 96.5 Å². The maximum Gasteiger partial charge on any atom is 0.509 e. The van der Waals surface area contributed by atoms with Crippen LogP contribution in [0, 0.1) is 12.8 Å². The second kappa shape index (κ2) is 42.7. The summed E-state index contributed by atoms with van der Waals surface area (Å²) in [6, 6.07) is 40.7. The molecule has 0 bridgehead atoms. The number of halogens is 9. The van der Waals surface area contributed by atoms with E-state index in [1.165, 1.54) is 61.1 Å². The van der Waals surface area contributed by atoms with Gasteiger partial charge in [0.25, 0.3) is 0 Å². The highest BCUT2D eigenvalue weighted by atomic mass is 35.5. The van der Waals surface area contributed by atoms with Gasteiger partial charge in [0.05, 0.1) is 58.3 Å². The van der Waals surface area contributed by atoms with Gasteiger partial charge >= 0.3 is 53.7 Å². The van der Waals surface area contributed by atoms with Crippen molar-refractivity contribution < 1.29 is 101 Å².